The molecule has 6 aromatic rings. The SMILES string of the molecule is c1ccc2c(c1)ccc1c3cscc3c3ccc4ccccc4c3c21. The highest BCUT2D eigenvalue weighted by Gasteiger charge is 2.13. The van der Waals surface area contributed by atoms with Crippen LogP contribution in [-0.4, -0.2) is 0 Å². The van der Waals surface area contributed by atoms with E-state index >= 15 is 0 Å². The minimum Gasteiger partial charge on any atom is -0.151 e. The maximum absolute atomic E-state index is 2.30. The molecular weight excluding hydrogens is 320 g/mol. The Kier molecular flexibility index (Phi) is 2.58. The Morgan fingerprint density at radius 2 is 0.880 bits per heavy atom. The third kappa shape index (κ3) is 1.71. The third-order valence-corrected chi connectivity index (χ3v) is 6.09. The molecule has 0 bridgehead atoms. The van der Waals surface area contributed by atoms with Gasteiger partial charge in [0.05, 0.1) is 0 Å². The zero-order valence-corrected chi connectivity index (χ0v) is 14.3. The van der Waals surface area contributed by atoms with Gasteiger partial charge < -0.3 is 0 Å². The summed E-state index contributed by atoms with van der Waals surface area (Å²) in [4.78, 5) is 0. The van der Waals surface area contributed by atoms with Crippen LogP contribution in [0.3, 0.4) is 0 Å². The number of fused-ring (bicyclic) bond motifs is 10. The molecule has 0 spiro atoms. The zero-order chi connectivity index (χ0) is 16.4. The van der Waals surface area contributed by atoms with Gasteiger partial charge in [0.1, 0.15) is 0 Å². The van der Waals surface area contributed by atoms with E-state index in [0.29, 0.717) is 0 Å². The predicted molar refractivity (Wildman–Crippen MR) is 112 cm³/mol. The standard InChI is InChI=1S/C24H14S/c1-3-7-17-15(5-1)9-11-19-21-13-25-14-22(21)20-12-10-16-6-2-4-8-18(16)24(20)23(17)19/h1-14H. The molecule has 0 aliphatic carbocycles. The molecule has 0 nitrogen and oxygen atoms in total. The average molecular weight is 334 g/mol. The first kappa shape index (κ1) is 13.4. The van der Waals surface area contributed by atoms with Crippen LogP contribution in [0.15, 0.2) is 83.6 Å². The topological polar surface area (TPSA) is 0 Å². The van der Waals surface area contributed by atoms with Crippen LogP contribution in [-0.2, 0) is 0 Å². The summed E-state index contributed by atoms with van der Waals surface area (Å²) in [7, 11) is 0. The quantitative estimate of drug-likeness (QED) is 0.252. The van der Waals surface area contributed by atoms with Gasteiger partial charge >= 0.3 is 0 Å². The van der Waals surface area contributed by atoms with Gasteiger partial charge in [0.15, 0.2) is 0 Å². The average Bonchev–Trinajstić information content (AvgIpc) is 3.17. The minimum absolute atomic E-state index is 1.30. The van der Waals surface area contributed by atoms with Gasteiger partial charge in [-0.3, -0.25) is 0 Å². The first-order chi connectivity index (χ1) is 12.4. The Balaban J connectivity index is 2.10. The monoisotopic (exact) mass is 334 g/mol. The molecular formula is C24H14S. The van der Waals surface area contributed by atoms with E-state index in [9.17, 15) is 0 Å². The molecule has 0 aliphatic heterocycles. The Labute approximate surface area is 148 Å². The number of hydrogen-bond acceptors (Lipinski definition) is 1. The van der Waals surface area contributed by atoms with Crippen LogP contribution in [0.5, 0.6) is 0 Å². The second-order valence-corrected chi connectivity index (χ2v) is 7.36. The molecule has 0 radical (unpaired) electrons. The van der Waals surface area contributed by atoms with Crippen molar-refractivity contribution < 1.29 is 0 Å². The lowest BCUT2D eigenvalue weighted by atomic mass is 9.90. The van der Waals surface area contributed by atoms with Crippen LogP contribution in [0.25, 0.3) is 53.9 Å². The van der Waals surface area contributed by atoms with E-state index < -0.39 is 0 Å². The van der Waals surface area contributed by atoms with Crippen molar-refractivity contribution in [2.24, 2.45) is 0 Å². The van der Waals surface area contributed by atoms with Gasteiger partial charge in [-0.2, -0.15) is 11.3 Å². The summed E-state index contributed by atoms with van der Waals surface area (Å²) in [5.41, 5.74) is 0. The summed E-state index contributed by atoms with van der Waals surface area (Å²) in [6.07, 6.45) is 0. The van der Waals surface area contributed by atoms with Crippen LogP contribution in [0.2, 0.25) is 0 Å². The lowest BCUT2D eigenvalue weighted by molar-refractivity contribution is 1.80. The van der Waals surface area contributed by atoms with E-state index in [0.717, 1.165) is 0 Å². The van der Waals surface area contributed by atoms with E-state index in [2.05, 4.69) is 83.6 Å². The minimum atomic E-state index is 1.30. The van der Waals surface area contributed by atoms with Gasteiger partial charge in [0, 0.05) is 10.8 Å². The molecule has 1 heterocycles. The molecule has 1 aromatic heterocycles. The zero-order valence-electron chi connectivity index (χ0n) is 13.5. The Morgan fingerprint density at radius 1 is 0.400 bits per heavy atom. The lowest BCUT2D eigenvalue weighted by Gasteiger charge is -2.13. The maximum atomic E-state index is 2.30. The van der Waals surface area contributed by atoms with Gasteiger partial charge in [-0.05, 0) is 53.8 Å². The Hall–Kier alpha value is -2.90. The number of rotatable bonds is 0. The highest BCUT2D eigenvalue weighted by molar-refractivity contribution is 7.09. The van der Waals surface area contributed by atoms with Crippen LogP contribution in [0, 0.1) is 0 Å². The Morgan fingerprint density at radius 3 is 1.40 bits per heavy atom. The van der Waals surface area contributed by atoms with Gasteiger partial charge in [-0.15, -0.1) is 0 Å². The maximum Gasteiger partial charge on any atom is 0.000854 e. The first-order valence-electron chi connectivity index (χ1n) is 8.52. The van der Waals surface area contributed by atoms with Gasteiger partial charge in [-0.25, -0.2) is 0 Å². The molecule has 0 atom stereocenters. The summed E-state index contributed by atoms with van der Waals surface area (Å²) in [5.74, 6) is 0. The molecule has 0 amide bonds. The van der Waals surface area contributed by atoms with Gasteiger partial charge in [0.25, 0.3) is 0 Å². The third-order valence-electron chi connectivity index (χ3n) is 5.35. The van der Waals surface area contributed by atoms with Gasteiger partial charge in [-0.1, -0.05) is 72.8 Å². The first-order valence-corrected chi connectivity index (χ1v) is 9.47. The number of hydrogen-bond donors (Lipinski definition) is 0. The fourth-order valence-corrected chi connectivity index (χ4v) is 5.09. The summed E-state index contributed by atoms with van der Waals surface area (Å²) in [5, 5.41) is 18.1. The van der Waals surface area contributed by atoms with Crippen molar-refractivity contribution in [1.29, 1.82) is 0 Å². The molecule has 5 aromatic carbocycles. The van der Waals surface area contributed by atoms with Crippen molar-refractivity contribution in [2.45, 2.75) is 0 Å². The fourth-order valence-electron chi connectivity index (χ4n) is 4.24. The van der Waals surface area contributed by atoms with E-state index in [1.165, 1.54) is 53.9 Å². The van der Waals surface area contributed by atoms with Crippen molar-refractivity contribution in [2.75, 3.05) is 0 Å². The largest absolute Gasteiger partial charge is 0.151 e. The molecule has 6 rings (SSSR count). The molecule has 116 valence electrons. The summed E-state index contributed by atoms with van der Waals surface area (Å²) < 4.78 is 0. The molecule has 1 heteroatoms. The Bertz CT molecular complexity index is 1330. The molecule has 0 unspecified atom stereocenters. The highest BCUT2D eigenvalue weighted by atomic mass is 32.1. The van der Waals surface area contributed by atoms with Crippen LogP contribution in [0.1, 0.15) is 0 Å². The van der Waals surface area contributed by atoms with E-state index in [-0.39, 0.29) is 0 Å². The van der Waals surface area contributed by atoms with Crippen molar-refractivity contribution in [1.82, 2.24) is 0 Å². The van der Waals surface area contributed by atoms with Crippen LogP contribution in [0.4, 0.5) is 0 Å². The van der Waals surface area contributed by atoms with E-state index in [1.54, 1.807) is 11.3 Å². The summed E-state index contributed by atoms with van der Waals surface area (Å²) in [6.45, 7) is 0. The fraction of sp³-hybridized carbons (Fsp3) is 0. The molecule has 0 saturated heterocycles. The lowest BCUT2D eigenvalue weighted by Crippen LogP contribution is -1.85. The summed E-state index contributed by atoms with van der Waals surface area (Å²) >= 11 is 1.79. The molecule has 0 saturated carbocycles. The molecule has 0 aliphatic rings. The second kappa shape index (κ2) is 4.81. The van der Waals surface area contributed by atoms with Crippen molar-refractivity contribution in [3.05, 3.63) is 83.6 Å². The van der Waals surface area contributed by atoms with Gasteiger partial charge in [0.2, 0.25) is 0 Å². The summed E-state index contributed by atoms with van der Waals surface area (Å²) in [6, 6.07) is 26.6. The molecule has 0 N–H and O–H groups in total. The van der Waals surface area contributed by atoms with E-state index in [4.69, 9.17) is 0 Å². The van der Waals surface area contributed by atoms with Crippen LogP contribution < -0.4 is 0 Å². The second-order valence-electron chi connectivity index (χ2n) is 6.62. The van der Waals surface area contributed by atoms with Crippen LogP contribution >= 0.6 is 11.3 Å². The smallest absolute Gasteiger partial charge is 0.000854 e. The normalized spacial score (nSPS) is 12.0. The van der Waals surface area contributed by atoms with Crippen molar-refractivity contribution in [3.63, 3.8) is 0 Å². The molecule has 0 fully saturated rings. The van der Waals surface area contributed by atoms with E-state index in [1.807, 2.05) is 0 Å². The van der Waals surface area contributed by atoms with Crippen molar-refractivity contribution >= 4 is 65.2 Å². The van der Waals surface area contributed by atoms with Crippen molar-refractivity contribution in [3.8, 4) is 0 Å². The number of thiophene rings is 1. The predicted octanol–water partition coefficient (Wildman–Crippen LogP) is 7.51. The molecule has 25 heavy (non-hydrogen) atoms. The number of benzene rings is 5. The highest BCUT2D eigenvalue weighted by Crippen LogP contribution is 2.42.